The summed E-state index contributed by atoms with van der Waals surface area (Å²) in [6, 6.07) is 66.7. The topological polar surface area (TPSA) is 24.9 Å². The van der Waals surface area contributed by atoms with Crippen LogP contribution in [0.3, 0.4) is 0 Å². The molecule has 0 saturated carbocycles. The molecule has 4 heterocycles. The van der Waals surface area contributed by atoms with Crippen molar-refractivity contribution in [3.05, 3.63) is 204 Å². The molecule has 0 aliphatic carbocycles. The highest BCUT2D eigenvalue weighted by Crippen LogP contribution is 2.47. The normalized spacial score (nSPS) is 13.4. The molecule has 0 bridgehead atoms. The lowest BCUT2D eigenvalue weighted by Crippen LogP contribution is -2.63. The van der Waals surface area contributed by atoms with Gasteiger partial charge in [0, 0.05) is 40.2 Å². The molecule has 0 amide bonds. The van der Waals surface area contributed by atoms with Gasteiger partial charge in [-0.05, 0) is 143 Å². The predicted molar refractivity (Wildman–Crippen MR) is 268 cm³/mol. The Morgan fingerprint density at radius 3 is 1.42 bits per heavy atom. The number of anilines is 6. The fourth-order valence-electron chi connectivity index (χ4n) is 10.9. The fraction of sp³-hybridized carbons (Fsp3) is 0.0690. The summed E-state index contributed by atoms with van der Waals surface area (Å²) >= 11 is 0. The zero-order chi connectivity index (χ0) is 42.8. The minimum Gasteiger partial charge on any atom is -0.458 e. The summed E-state index contributed by atoms with van der Waals surface area (Å²) in [5, 5.41) is 0. The molecule has 9 aromatic rings. The third-order valence-corrected chi connectivity index (χ3v) is 13.9. The van der Waals surface area contributed by atoms with E-state index in [1.54, 1.807) is 0 Å². The predicted octanol–water partition coefficient (Wildman–Crippen LogP) is 11.1. The Bertz CT molecular complexity index is 3390. The fourth-order valence-corrected chi connectivity index (χ4v) is 10.9. The molecule has 0 N–H and O–H groups in total. The van der Waals surface area contributed by atoms with Crippen LogP contribution >= 0.6 is 0 Å². The van der Waals surface area contributed by atoms with E-state index >= 15 is 0 Å². The second-order valence-electron chi connectivity index (χ2n) is 18.0. The van der Waals surface area contributed by atoms with Crippen LogP contribution in [0, 0.1) is 27.7 Å². The van der Waals surface area contributed by atoms with Gasteiger partial charge in [-0.25, -0.2) is 0 Å². The van der Waals surface area contributed by atoms with Crippen molar-refractivity contribution >= 4 is 80.3 Å². The summed E-state index contributed by atoms with van der Waals surface area (Å²) in [6.45, 7) is 8.61. The lowest BCUT2D eigenvalue weighted by Gasteiger charge is -2.43. The highest BCUT2D eigenvalue weighted by molar-refractivity contribution is 7.02. The second kappa shape index (κ2) is 13.9. The molecule has 0 radical (unpaired) electrons. The molecule has 4 aliphatic rings. The average molecular weight is 821 g/mol. The Hall–Kier alpha value is -7.69. The van der Waals surface area contributed by atoms with Crippen LogP contribution in [0.1, 0.15) is 22.3 Å². The summed E-state index contributed by atoms with van der Waals surface area (Å²) < 4.78 is 14.5. The maximum Gasteiger partial charge on any atom is 0.256 e. The van der Waals surface area contributed by atoms with Crippen molar-refractivity contribution in [3.8, 4) is 45.3 Å². The first-order valence-corrected chi connectivity index (χ1v) is 22.3. The van der Waals surface area contributed by atoms with Crippen molar-refractivity contribution in [2.24, 2.45) is 0 Å². The molecule has 0 aromatic heterocycles. The van der Waals surface area contributed by atoms with Crippen LogP contribution in [0.15, 0.2) is 182 Å². The molecule has 0 unspecified atom stereocenters. The van der Waals surface area contributed by atoms with Crippen LogP contribution in [0.25, 0.3) is 22.3 Å². The van der Waals surface area contributed by atoms with E-state index in [9.17, 15) is 0 Å². The molecule has 13 rings (SSSR count). The Balaban J connectivity index is 1.07. The van der Waals surface area contributed by atoms with Gasteiger partial charge in [-0.2, -0.15) is 0 Å². The van der Waals surface area contributed by atoms with E-state index in [-0.39, 0.29) is 13.4 Å². The monoisotopic (exact) mass is 820 g/mol. The zero-order valence-corrected chi connectivity index (χ0v) is 36.2. The zero-order valence-electron chi connectivity index (χ0n) is 36.2. The Kier molecular flexibility index (Phi) is 8.02. The van der Waals surface area contributed by atoms with Gasteiger partial charge in [-0.1, -0.05) is 138 Å². The van der Waals surface area contributed by atoms with Crippen LogP contribution in [-0.2, 0) is 0 Å². The van der Waals surface area contributed by atoms with Crippen molar-refractivity contribution in [3.63, 3.8) is 0 Å². The van der Waals surface area contributed by atoms with E-state index in [1.165, 1.54) is 55.5 Å². The van der Waals surface area contributed by atoms with E-state index in [4.69, 9.17) is 9.47 Å². The molecule has 0 spiro atoms. The van der Waals surface area contributed by atoms with Gasteiger partial charge in [-0.15, -0.1) is 0 Å². The Morgan fingerprint density at radius 1 is 0.328 bits per heavy atom. The first-order valence-electron chi connectivity index (χ1n) is 22.3. The van der Waals surface area contributed by atoms with Crippen LogP contribution in [-0.4, -0.2) is 13.4 Å². The number of hydrogen-bond acceptors (Lipinski definition) is 4. The van der Waals surface area contributed by atoms with E-state index in [0.717, 1.165) is 78.9 Å². The van der Waals surface area contributed by atoms with E-state index in [0.29, 0.717) is 0 Å². The van der Waals surface area contributed by atoms with Crippen LogP contribution in [0.2, 0.25) is 0 Å². The number of hydrogen-bond donors (Lipinski definition) is 0. The van der Waals surface area contributed by atoms with E-state index in [2.05, 4.69) is 219 Å². The number of aryl methyl sites for hydroxylation is 4. The summed E-state index contributed by atoms with van der Waals surface area (Å²) in [4.78, 5) is 4.89. The van der Waals surface area contributed by atoms with Gasteiger partial charge >= 0.3 is 0 Å². The number of nitrogens with zero attached hydrogens (tertiary/aromatic N) is 2. The summed E-state index contributed by atoms with van der Waals surface area (Å²) in [6.07, 6.45) is 0. The minimum atomic E-state index is -0.0780. The second-order valence-corrected chi connectivity index (χ2v) is 18.0. The SMILES string of the molecule is Cc1ccc(N2c3ccc(C)cc3B3c4cc5c(cc4Oc4cc(-c6ccccc6)cc2c43)Oc2cc(-c3ccccc3)cc3c2B5c2c(C)cccc2N3c2ccc(C)cc2)cc1. The third-order valence-electron chi connectivity index (χ3n) is 13.9. The van der Waals surface area contributed by atoms with E-state index < -0.39 is 0 Å². The summed E-state index contributed by atoms with van der Waals surface area (Å²) in [7, 11) is 0. The molecular weight excluding hydrogens is 778 g/mol. The van der Waals surface area contributed by atoms with Crippen molar-refractivity contribution in [2.75, 3.05) is 9.80 Å². The molecule has 302 valence electrons. The van der Waals surface area contributed by atoms with Crippen LogP contribution in [0.5, 0.6) is 23.0 Å². The number of ether oxygens (including phenoxy) is 2. The molecule has 4 aliphatic heterocycles. The summed E-state index contributed by atoms with van der Waals surface area (Å²) in [5.41, 5.74) is 23.6. The molecule has 6 heteroatoms. The van der Waals surface area contributed by atoms with Gasteiger partial charge in [0.2, 0.25) is 0 Å². The minimum absolute atomic E-state index is 0.0762. The van der Waals surface area contributed by atoms with Crippen molar-refractivity contribution in [1.82, 2.24) is 0 Å². The lowest BCUT2D eigenvalue weighted by molar-refractivity contribution is 0.466. The first kappa shape index (κ1) is 36.9. The highest BCUT2D eigenvalue weighted by atomic mass is 16.5. The number of fused-ring (bicyclic) bond motifs is 8. The maximum absolute atomic E-state index is 7.26. The van der Waals surface area contributed by atoms with Crippen molar-refractivity contribution in [2.45, 2.75) is 27.7 Å². The standard InChI is InChI=1S/C58H42B2N2O2/c1-35-18-23-43(24-19-35)61-48-27-22-37(3)28-45(48)59-46-33-47-53(34-52(46)63-54-31-41(29-50(61)57(54)59)39-13-7-5-8-14-39)64-55-32-42(40-15-9-6-10-16-40)30-51-58(55)60(47)56-38(4)12-11-17-49(56)62(51)44-25-20-36(2)21-26-44/h5-34H,1-4H3. The largest absolute Gasteiger partial charge is 0.458 e. The Labute approximate surface area is 375 Å². The number of benzene rings is 9. The van der Waals surface area contributed by atoms with Crippen LogP contribution in [0.4, 0.5) is 34.1 Å². The molecule has 64 heavy (non-hydrogen) atoms. The van der Waals surface area contributed by atoms with E-state index in [1.807, 2.05) is 0 Å². The van der Waals surface area contributed by atoms with Gasteiger partial charge in [0.25, 0.3) is 13.4 Å². The van der Waals surface area contributed by atoms with Gasteiger partial charge < -0.3 is 19.3 Å². The highest BCUT2D eigenvalue weighted by Gasteiger charge is 2.47. The molecular formula is C58H42B2N2O2. The van der Waals surface area contributed by atoms with Crippen molar-refractivity contribution in [1.29, 1.82) is 0 Å². The lowest BCUT2D eigenvalue weighted by atomic mass is 9.30. The quantitative estimate of drug-likeness (QED) is 0.165. The van der Waals surface area contributed by atoms with Gasteiger partial charge in [0.15, 0.2) is 0 Å². The first-order chi connectivity index (χ1) is 31.4. The van der Waals surface area contributed by atoms with Gasteiger partial charge in [-0.3, -0.25) is 0 Å². The molecule has 0 atom stereocenters. The van der Waals surface area contributed by atoms with Gasteiger partial charge in [0.05, 0.1) is 0 Å². The van der Waals surface area contributed by atoms with Crippen LogP contribution < -0.4 is 52.1 Å². The smallest absolute Gasteiger partial charge is 0.256 e. The molecule has 0 fully saturated rings. The summed E-state index contributed by atoms with van der Waals surface area (Å²) in [5.74, 6) is 3.40. The third kappa shape index (κ3) is 5.51. The number of rotatable bonds is 4. The molecule has 9 aromatic carbocycles. The molecule has 4 nitrogen and oxygen atoms in total. The van der Waals surface area contributed by atoms with Gasteiger partial charge in [0.1, 0.15) is 23.0 Å². The van der Waals surface area contributed by atoms with Crippen molar-refractivity contribution < 1.29 is 9.47 Å². The Morgan fingerprint density at radius 2 is 0.844 bits per heavy atom. The average Bonchev–Trinajstić information content (AvgIpc) is 3.32. The maximum atomic E-state index is 7.26. The molecule has 0 saturated heterocycles.